The van der Waals surface area contributed by atoms with Crippen molar-refractivity contribution in [3.05, 3.63) is 58.9 Å². The maximum Gasteiger partial charge on any atom is 0.315 e. The van der Waals surface area contributed by atoms with Gasteiger partial charge in [-0.15, -0.1) is 0 Å². The third-order valence-electron chi connectivity index (χ3n) is 5.69. The van der Waals surface area contributed by atoms with Crippen LogP contribution in [0.15, 0.2) is 36.4 Å². The number of amides is 2. The zero-order valence-electron chi connectivity index (χ0n) is 18.7. The van der Waals surface area contributed by atoms with Gasteiger partial charge in [0.15, 0.2) is 11.5 Å². The van der Waals surface area contributed by atoms with Crippen LogP contribution in [0.4, 0.5) is 9.18 Å². The molecule has 2 amide bonds. The van der Waals surface area contributed by atoms with Gasteiger partial charge in [0.1, 0.15) is 5.82 Å². The molecule has 0 radical (unpaired) electrons. The number of halogens is 1. The van der Waals surface area contributed by atoms with Crippen molar-refractivity contribution in [2.45, 2.75) is 45.3 Å². The van der Waals surface area contributed by atoms with Gasteiger partial charge in [-0.2, -0.15) is 0 Å². The van der Waals surface area contributed by atoms with Gasteiger partial charge < -0.3 is 20.1 Å². The normalized spacial score (nSPS) is 16.9. The molecule has 2 N–H and O–H groups in total. The zero-order chi connectivity index (χ0) is 22.4. The summed E-state index contributed by atoms with van der Waals surface area (Å²) in [5, 5.41) is 5.98. The molecule has 168 valence electrons. The Kier molecular flexibility index (Phi) is 7.74. The Labute approximate surface area is 183 Å². The maximum atomic E-state index is 13.4. The molecule has 0 saturated carbocycles. The minimum absolute atomic E-state index is 0.0685. The van der Waals surface area contributed by atoms with Crippen LogP contribution in [-0.2, 0) is 13.0 Å². The average molecular weight is 430 g/mol. The van der Waals surface area contributed by atoms with E-state index in [1.165, 1.54) is 17.7 Å². The Bertz CT molecular complexity index is 888. The SMILES string of the molecule is CCCNC(=O)N[C@H](C)[C@@H]1c2cc(OC)c(OC)cc2CCN1Cc1ccc(F)cc1. The average Bonchev–Trinajstić information content (AvgIpc) is 2.77. The van der Waals surface area contributed by atoms with Crippen LogP contribution < -0.4 is 20.1 Å². The molecule has 0 saturated heterocycles. The molecule has 2 aromatic rings. The van der Waals surface area contributed by atoms with Gasteiger partial charge in [-0.05, 0) is 60.7 Å². The number of rotatable bonds is 8. The molecule has 3 rings (SSSR count). The number of benzene rings is 2. The topological polar surface area (TPSA) is 62.8 Å². The molecule has 1 aliphatic heterocycles. The largest absolute Gasteiger partial charge is 0.493 e. The summed E-state index contributed by atoms with van der Waals surface area (Å²) in [5.74, 6) is 1.12. The molecule has 0 spiro atoms. The van der Waals surface area contributed by atoms with Crippen LogP contribution >= 0.6 is 0 Å². The molecule has 1 heterocycles. The first-order valence-electron chi connectivity index (χ1n) is 10.7. The van der Waals surface area contributed by atoms with Crippen molar-refractivity contribution in [3.8, 4) is 11.5 Å². The highest BCUT2D eigenvalue weighted by atomic mass is 19.1. The van der Waals surface area contributed by atoms with E-state index in [1.807, 2.05) is 38.1 Å². The van der Waals surface area contributed by atoms with Crippen LogP contribution in [0.2, 0.25) is 0 Å². The molecule has 31 heavy (non-hydrogen) atoms. The number of ether oxygens (including phenoxy) is 2. The lowest BCUT2D eigenvalue weighted by molar-refractivity contribution is 0.143. The second-order valence-electron chi connectivity index (χ2n) is 7.89. The van der Waals surface area contributed by atoms with Crippen LogP contribution in [0.3, 0.4) is 0 Å². The van der Waals surface area contributed by atoms with Gasteiger partial charge in [-0.1, -0.05) is 19.1 Å². The summed E-state index contributed by atoms with van der Waals surface area (Å²) >= 11 is 0. The summed E-state index contributed by atoms with van der Waals surface area (Å²) in [6.45, 7) is 6.13. The van der Waals surface area contributed by atoms with Crippen LogP contribution in [0.25, 0.3) is 0 Å². The van der Waals surface area contributed by atoms with Gasteiger partial charge in [0.2, 0.25) is 0 Å². The molecular formula is C24H32FN3O3. The van der Waals surface area contributed by atoms with Gasteiger partial charge in [0.05, 0.1) is 20.3 Å². The van der Waals surface area contributed by atoms with Crippen molar-refractivity contribution in [1.82, 2.24) is 15.5 Å². The third-order valence-corrected chi connectivity index (χ3v) is 5.69. The Morgan fingerprint density at radius 1 is 1.19 bits per heavy atom. The Balaban J connectivity index is 1.93. The van der Waals surface area contributed by atoms with Crippen molar-refractivity contribution in [2.24, 2.45) is 0 Å². The Morgan fingerprint density at radius 2 is 1.87 bits per heavy atom. The first kappa shape index (κ1) is 22.9. The van der Waals surface area contributed by atoms with E-state index in [1.54, 1.807) is 14.2 Å². The number of nitrogens with zero attached hydrogens (tertiary/aromatic N) is 1. The van der Waals surface area contributed by atoms with Gasteiger partial charge in [0.25, 0.3) is 0 Å². The minimum Gasteiger partial charge on any atom is -0.493 e. The molecule has 0 aromatic heterocycles. The van der Waals surface area contributed by atoms with E-state index in [4.69, 9.17) is 9.47 Å². The summed E-state index contributed by atoms with van der Waals surface area (Å²) in [7, 11) is 3.26. The number of carbonyl (C=O) groups is 1. The van der Waals surface area contributed by atoms with E-state index in [2.05, 4.69) is 15.5 Å². The third kappa shape index (κ3) is 5.47. The number of urea groups is 1. The van der Waals surface area contributed by atoms with Crippen molar-refractivity contribution < 1.29 is 18.7 Å². The molecule has 0 bridgehead atoms. The molecule has 1 aliphatic rings. The summed E-state index contributed by atoms with van der Waals surface area (Å²) in [6, 6.07) is 10.2. The number of methoxy groups -OCH3 is 2. The number of hydrogen-bond acceptors (Lipinski definition) is 4. The van der Waals surface area contributed by atoms with Crippen molar-refractivity contribution in [2.75, 3.05) is 27.3 Å². The van der Waals surface area contributed by atoms with Crippen LogP contribution in [0, 0.1) is 5.82 Å². The molecule has 0 aliphatic carbocycles. The lowest BCUT2D eigenvalue weighted by atomic mass is 9.87. The van der Waals surface area contributed by atoms with E-state index in [0.717, 1.165) is 30.5 Å². The van der Waals surface area contributed by atoms with Gasteiger partial charge in [-0.25, -0.2) is 9.18 Å². The second kappa shape index (κ2) is 10.5. The highest BCUT2D eigenvalue weighted by molar-refractivity contribution is 5.74. The predicted octanol–water partition coefficient (Wildman–Crippen LogP) is 4.04. The molecule has 2 atom stereocenters. The lowest BCUT2D eigenvalue weighted by Gasteiger charge is -2.41. The Hall–Kier alpha value is -2.80. The first-order valence-corrected chi connectivity index (χ1v) is 10.7. The predicted molar refractivity (Wildman–Crippen MR) is 119 cm³/mol. The van der Waals surface area contributed by atoms with Crippen LogP contribution in [0.1, 0.15) is 43.0 Å². The summed E-state index contributed by atoms with van der Waals surface area (Å²) in [4.78, 5) is 14.7. The van der Waals surface area contributed by atoms with Crippen molar-refractivity contribution >= 4 is 6.03 Å². The van der Waals surface area contributed by atoms with Crippen molar-refractivity contribution in [3.63, 3.8) is 0 Å². The maximum absolute atomic E-state index is 13.4. The minimum atomic E-state index is -0.247. The summed E-state index contributed by atoms with van der Waals surface area (Å²) < 4.78 is 24.4. The fourth-order valence-electron chi connectivity index (χ4n) is 4.19. The zero-order valence-corrected chi connectivity index (χ0v) is 18.7. The van der Waals surface area contributed by atoms with Crippen LogP contribution in [-0.4, -0.2) is 44.3 Å². The molecule has 0 fully saturated rings. The molecular weight excluding hydrogens is 397 g/mol. The van der Waals surface area contributed by atoms with Gasteiger partial charge in [-0.3, -0.25) is 4.90 Å². The van der Waals surface area contributed by atoms with Gasteiger partial charge in [0, 0.05) is 25.7 Å². The number of nitrogens with one attached hydrogen (secondary N) is 2. The quantitative estimate of drug-likeness (QED) is 0.665. The molecule has 0 unspecified atom stereocenters. The molecule has 6 nitrogen and oxygen atoms in total. The number of fused-ring (bicyclic) bond motifs is 1. The number of hydrogen-bond donors (Lipinski definition) is 2. The van der Waals surface area contributed by atoms with E-state index in [9.17, 15) is 9.18 Å². The van der Waals surface area contributed by atoms with Gasteiger partial charge >= 0.3 is 6.03 Å². The fraction of sp³-hybridized carbons (Fsp3) is 0.458. The number of carbonyl (C=O) groups excluding carboxylic acids is 1. The fourth-order valence-corrected chi connectivity index (χ4v) is 4.19. The summed E-state index contributed by atoms with van der Waals surface area (Å²) in [5.41, 5.74) is 3.31. The van der Waals surface area contributed by atoms with Crippen LogP contribution in [0.5, 0.6) is 11.5 Å². The van der Waals surface area contributed by atoms with E-state index in [0.29, 0.717) is 24.6 Å². The monoisotopic (exact) mass is 429 g/mol. The smallest absolute Gasteiger partial charge is 0.315 e. The van der Waals surface area contributed by atoms with Crippen molar-refractivity contribution in [1.29, 1.82) is 0 Å². The molecule has 7 heteroatoms. The highest BCUT2D eigenvalue weighted by Crippen LogP contribution is 2.40. The Morgan fingerprint density at radius 3 is 2.52 bits per heavy atom. The highest BCUT2D eigenvalue weighted by Gasteiger charge is 2.33. The van der Waals surface area contributed by atoms with E-state index < -0.39 is 0 Å². The first-order chi connectivity index (χ1) is 15.0. The lowest BCUT2D eigenvalue weighted by Crippen LogP contribution is -2.49. The second-order valence-corrected chi connectivity index (χ2v) is 7.89. The van der Waals surface area contributed by atoms with E-state index in [-0.39, 0.29) is 23.9 Å². The summed E-state index contributed by atoms with van der Waals surface area (Å²) in [6.07, 6.45) is 1.73. The standard InChI is InChI=1S/C24H32FN3O3/c1-5-11-26-24(29)27-16(2)23-20-14-22(31-4)21(30-3)13-18(20)10-12-28(23)15-17-6-8-19(25)9-7-17/h6-9,13-14,16,23H,5,10-12,15H2,1-4H3,(H2,26,27,29)/t16-,23-/m1/s1. The van der Waals surface area contributed by atoms with E-state index >= 15 is 0 Å². The molecule has 2 aromatic carbocycles.